The molecule has 0 aliphatic carbocycles. The van der Waals surface area contributed by atoms with Gasteiger partial charge in [0.2, 0.25) is 5.91 Å². The molecule has 1 atom stereocenters. The van der Waals surface area contributed by atoms with Crippen LogP contribution in [-0.4, -0.2) is 48.1 Å². The summed E-state index contributed by atoms with van der Waals surface area (Å²) in [4.78, 5) is 23.6. The fourth-order valence-corrected chi connectivity index (χ4v) is 1.34. The van der Waals surface area contributed by atoms with Crippen LogP contribution in [0.1, 0.15) is 26.7 Å². The molecule has 0 saturated carbocycles. The Hall–Kier alpha value is -1.10. The third kappa shape index (κ3) is 4.78. The highest BCUT2D eigenvalue weighted by atomic mass is 16.4. The van der Waals surface area contributed by atoms with Crippen LogP contribution in [0.4, 0.5) is 0 Å². The van der Waals surface area contributed by atoms with E-state index in [-0.39, 0.29) is 5.91 Å². The summed E-state index contributed by atoms with van der Waals surface area (Å²) in [5, 5.41) is 11.9. The molecule has 0 aromatic rings. The van der Waals surface area contributed by atoms with E-state index in [1.807, 2.05) is 6.92 Å². The highest BCUT2D eigenvalue weighted by Crippen LogP contribution is 2.03. The maximum absolute atomic E-state index is 11.5. The summed E-state index contributed by atoms with van der Waals surface area (Å²) in [5.74, 6) is -1.08. The smallest absolute Gasteiger partial charge is 0.326 e. The Bertz CT molecular complexity index is 219. The van der Waals surface area contributed by atoms with E-state index in [9.17, 15) is 9.59 Å². The van der Waals surface area contributed by atoms with Crippen molar-refractivity contribution in [2.24, 2.45) is 0 Å². The summed E-state index contributed by atoms with van der Waals surface area (Å²) in [7, 11) is 1.54. The van der Waals surface area contributed by atoms with Crippen LogP contribution in [-0.2, 0) is 9.59 Å². The van der Waals surface area contributed by atoms with Crippen molar-refractivity contribution in [3.8, 4) is 0 Å². The normalized spacial score (nSPS) is 12.2. The molecule has 0 spiro atoms. The molecule has 0 bridgehead atoms. The first-order valence-electron chi connectivity index (χ1n) is 5.23. The minimum Gasteiger partial charge on any atom is -0.480 e. The van der Waals surface area contributed by atoms with Crippen molar-refractivity contribution in [1.29, 1.82) is 0 Å². The van der Waals surface area contributed by atoms with Crippen molar-refractivity contribution in [3.05, 3.63) is 0 Å². The zero-order chi connectivity index (χ0) is 11.8. The van der Waals surface area contributed by atoms with Gasteiger partial charge in [-0.25, -0.2) is 4.79 Å². The monoisotopic (exact) mass is 216 g/mol. The molecule has 0 fully saturated rings. The number of carbonyl (C=O) groups excluding carboxylic acids is 1. The first-order valence-corrected chi connectivity index (χ1v) is 5.23. The SMILES string of the molecule is CCNCCC(=O)N(C)C(CC)C(=O)O. The molecule has 2 N–H and O–H groups in total. The number of aliphatic carboxylic acids is 1. The maximum Gasteiger partial charge on any atom is 0.326 e. The van der Waals surface area contributed by atoms with Gasteiger partial charge in [-0.3, -0.25) is 4.79 Å². The second-order valence-electron chi connectivity index (χ2n) is 3.37. The number of hydrogen-bond donors (Lipinski definition) is 2. The van der Waals surface area contributed by atoms with Crippen molar-refractivity contribution in [1.82, 2.24) is 10.2 Å². The number of carboxylic acid groups (broad SMARTS) is 1. The number of nitrogens with zero attached hydrogens (tertiary/aromatic N) is 1. The first kappa shape index (κ1) is 13.9. The lowest BCUT2D eigenvalue weighted by Crippen LogP contribution is -2.42. The fraction of sp³-hybridized carbons (Fsp3) is 0.800. The van der Waals surface area contributed by atoms with Gasteiger partial charge in [-0.05, 0) is 13.0 Å². The minimum absolute atomic E-state index is 0.134. The molecule has 5 nitrogen and oxygen atoms in total. The average Bonchev–Trinajstić information content (AvgIpc) is 2.18. The quantitative estimate of drug-likeness (QED) is 0.601. The van der Waals surface area contributed by atoms with E-state index in [4.69, 9.17) is 5.11 Å². The third-order valence-electron chi connectivity index (χ3n) is 2.30. The number of amides is 1. The summed E-state index contributed by atoms with van der Waals surface area (Å²) in [5.41, 5.74) is 0. The summed E-state index contributed by atoms with van der Waals surface area (Å²) in [6.45, 7) is 5.12. The Morgan fingerprint density at radius 3 is 2.40 bits per heavy atom. The van der Waals surface area contributed by atoms with Crippen LogP contribution in [0.3, 0.4) is 0 Å². The van der Waals surface area contributed by atoms with E-state index in [0.29, 0.717) is 19.4 Å². The van der Waals surface area contributed by atoms with Crippen LogP contribution in [0.25, 0.3) is 0 Å². The molecule has 0 rings (SSSR count). The molecule has 0 aromatic heterocycles. The van der Waals surface area contributed by atoms with Crippen molar-refractivity contribution < 1.29 is 14.7 Å². The van der Waals surface area contributed by atoms with Crippen LogP contribution >= 0.6 is 0 Å². The number of carboxylic acids is 1. The topological polar surface area (TPSA) is 69.6 Å². The Morgan fingerprint density at radius 1 is 1.40 bits per heavy atom. The molecule has 0 aliphatic rings. The van der Waals surface area contributed by atoms with E-state index in [0.717, 1.165) is 6.54 Å². The highest BCUT2D eigenvalue weighted by Gasteiger charge is 2.23. The van der Waals surface area contributed by atoms with Gasteiger partial charge in [0.05, 0.1) is 0 Å². The lowest BCUT2D eigenvalue weighted by atomic mass is 10.2. The van der Waals surface area contributed by atoms with Crippen molar-refractivity contribution in [2.75, 3.05) is 20.1 Å². The Balaban J connectivity index is 4.10. The number of nitrogens with one attached hydrogen (secondary N) is 1. The summed E-state index contributed by atoms with van der Waals surface area (Å²) in [6, 6.07) is -0.709. The lowest BCUT2D eigenvalue weighted by molar-refractivity contribution is -0.149. The van der Waals surface area contributed by atoms with Crippen LogP contribution in [0.5, 0.6) is 0 Å². The van der Waals surface area contributed by atoms with Gasteiger partial charge in [-0.2, -0.15) is 0 Å². The van der Waals surface area contributed by atoms with Gasteiger partial charge in [-0.15, -0.1) is 0 Å². The van der Waals surface area contributed by atoms with Crippen molar-refractivity contribution in [3.63, 3.8) is 0 Å². The number of rotatable bonds is 7. The molecule has 0 aliphatic heterocycles. The first-order chi connectivity index (χ1) is 7.04. The summed E-state index contributed by atoms with van der Waals surface area (Å²) >= 11 is 0. The van der Waals surface area contributed by atoms with E-state index >= 15 is 0 Å². The van der Waals surface area contributed by atoms with Gasteiger partial charge in [0.1, 0.15) is 6.04 Å². The molecule has 0 radical (unpaired) electrons. The maximum atomic E-state index is 11.5. The van der Waals surface area contributed by atoms with Gasteiger partial charge in [0, 0.05) is 20.0 Å². The molecule has 5 heteroatoms. The van der Waals surface area contributed by atoms with Gasteiger partial charge < -0.3 is 15.3 Å². The second kappa shape index (κ2) is 7.23. The largest absolute Gasteiger partial charge is 0.480 e. The van der Waals surface area contributed by atoms with Crippen LogP contribution < -0.4 is 5.32 Å². The predicted octanol–water partition coefficient (Wildman–Crippen LogP) is 0.308. The van der Waals surface area contributed by atoms with E-state index in [2.05, 4.69) is 5.32 Å². The molecule has 0 saturated heterocycles. The Kier molecular flexibility index (Phi) is 6.70. The van der Waals surface area contributed by atoms with E-state index in [1.165, 1.54) is 11.9 Å². The number of carbonyl (C=O) groups is 2. The summed E-state index contributed by atoms with van der Waals surface area (Å²) in [6.07, 6.45) is 0.771. The van der Waals surface area contributed by atoms with Crippen LogP contribution in [0.15, 0.2) is 0 Å². The zero-order valence-electron chi connectivity index (χ0n) is 9.62. The fourth-order valence-electron chi connectivity index (χ4n) is 1.34. The minimum atomic E-state index is -0.947. The van der Waals surface area contributed by atoms with Gasteiger partial charge >= 0.3 is 5.97 Å². The Morgan fingerprint density at radius 2 is 2.00 bits per heavy atom. The zero-order valence-corrected chi connectivity index (χ0v) is 9.62. The number of hydrogen-bond acceptors (Lipinski definition) is 3. The van der Waals surface area contributed by atoms with E-state index in [1.54, 1.807) is 6.92 Å². The second-order valence-corrected chi connectivity index (χ2v) is 3.37. The van der Waals surface area contributed by atoms with Crippen molar-refractivity contribution in [2.45, 2.75) is 32.7 Å². The average molecular weight is 216 g/mol. The van der Waals surface area contributed by atoms with Gasteiger partial charge in [-0.1, -0.05) is 13.8 Å². The molecule has 0 heterocycles. The molecule has 88 valence electrons. The van der Waals surface area contributed by atoms with Crippen LogP contribution in [0, 0.1) is 0 Å². The molecular weight excluding hydrogens is 196 g/mol. The summed E-state index contributed by atoms with van der Waals surface area (Å²) < 4.78 is 0. The van der Waals surface area contributed by atoms with Gasteiger partial charge in [0.15, 0.2) is 0 Å². The molecule has 1 unspecified atom stereocenters. The standard InChI is InChI=1S/C10H20N2O3/c1-4-8(10(14)15)12(3)9(13)6-7-11-5-2/h8,11H,4-7H2,1-3H3,(H,14,15). The molecule has 0 aromatic carbocycles. The molecule has 15 heavy (non-hydrogen) atoms. The van der Waals surface area contributed by atoms with Crippen LogP contribution in [0.2, 0.25) is 0 Å². The van der Waals surface area contributed by atoms with E-state index < -0.39 is 12.0 Å². The van der Waals surface area contributed by atoms with Gasteiger partial charge in [0.25, 0.3) is 0 Å². The predicted molar refractivity (Wildman–Crippen MR) is 57.6 cm³/mol. The number of likely N-dealkylation sites (N-methyl/N-ethyl adjacent to an activating group) is 1. The van der Waals surface area contributed by atoms with Crippen molar-refractivity contribution >= 4 is 11.9 Å². The lowest BCUT2D eigenvalue weighted by Gasteiger charge is -2.23. The highest BCUT2D eigenvalue weighted by molar-refractivity contribution is 5.83. The third-order valence-corrected chi connectivity index (χ3v) is 2.30. The Labute approximate surface area is 90.5 Å². The molecular formula is C10H20N2O3. The molecule has 1 amide bonds.